The molecule has 0 amide bonds. The lowest BCUT2D eigenvalue weighted by atomic mass is 10.1. The summed E-state index contributed by atoms with van der Waals surface area (Å²) in [6.07, 6.45) is 4.44. The number of thioether (sulfide) groups is 1. The van der Waals surface area contributed by atoms with Gasteiger partial charge >= 0.3 is 0 Å². The Labute approximate surface area is 143 Å². The molecule has 7 nitrogen and oxygen atoms in total. The minimum absolute atomic E-state index is 0.0663. The molecule has 8 heteroatoms. The summed E-state index contributed by atoms with van der Waals surface area (Å²) in [5.74, 6) is 2.47. The van der Waals surface area contributed by atoms with Crippen molar-refractivity contribution in [2.24, 2.45) is 0 Å². The predicted octanol–water partition coefficient (Wildman–Crippen LogP) is 1.18. The summed E-state index contributed by atoms with van der Waals surface area (Å²) in [5, 5.41) is 7.90. The van der Waals surface area contributed by atoms with Crippen molar-refractivity contribution >= 4 is 17.7 Å². The monoisotopic (exact) mass is 345 g/mol. The summed E-state index contributed by atoms with van der Waals surface area (Å²) in [5.41, 5.74) is 3.04. The van der Waals surface area contributed by atoms with Gasteiger partial charge < -0.3 is 10.1 Å². The Morgan fingerprint density at radius 3 is 3.00 bits per heavy atom. The smallest absolute Gasteiger partial charge is 0.267 e. The first-order valence-corrected chi connectivity index (χ1v) is 9.18. The van der Waals surface area contributed by atoms with Gasteiger partial charge in [-0.3, -0.25) is 4.79 Å². The molecular formula is C16H19N5O2S. The van der Waals surface area contributed by atoms with Gasteiger partial charge in [-0.25, -0.2) is 14.6 Å². The van der Waals surface area contributed by atoms with Crippen LogP contribution in [-0.4, -0.2) is 44.8 Å². The number of aromatic nitrogens is 4. The van der Waals surface area contributed by atoms with Crippen molar-refractivity contribution in [2.45, 2.75) is 31.2 Å². The third-order valence-corrected chi connectivity index (χ3v) is 5.33. The van der Waals surface area contributed by atoms with Crippen molar-refractivity contribution in [3.63, 3.8) is 0 Å². The van der Waals surface area contributed by atoms with Crippen molar-refractivity contribution in [1.29, 1.82) is 0 Å². The summed E-state index contributed by atoms with van der Waals surface area (Å²) in [7, 11) is 0. The van der Waals surface area contributed by atoms with Crippen molar-refractivity contribution in [1.82, 2.24) is 19.7 Å². The molecule has 0 spiro atoms. The summed E-state index contributed by atoms with van der Waals surface area (Å²) >= 11 is 1.85. The standard InChI is InChI=1S/C16H19N5O2S/c1-10-5-17-16(18-6-10)19-13-7-23-8-14(13)21-15(22)4-11-9-24-3-2-12(11)20-21/h4-6,13-14H,2-3,7-9H2,1H3,(H,17,18,19). The maximum Gasteiger partial charge on any atom is 0.267 e. The molecule has 2 aliphatic heterocycles. The highest BCUT2D eigenvalue weighted by Gasteiger charge is 2.32. The molecule has 0 radical (unpaired) electrons. The molecule has 4 rings (SSSR count). The van der Waals surface area contributed by atoms with E-state index in [0.717, 1.165) is 34.7 Å². The molecule has 0 aromatic carbocycles. The van der Waals surface area contributed by atoms with Gasteiger partial charge in [0, 0.05) is 30.6 Å². The minimum Gasteiger partial charge on any atom is -0.377 e. The first-order chi connectivity index (χ1) is 11.7. The second-order valence-corrected chi connectivity index (χ2v) is 7.25. The molecule has 0 saturated carbocycles. The SMILES string of the molecule is Cc1cnc(NC2COCC2n2nc3c(cc2=O)CSCC3)nc1. The summed E-state index contributed by atoms with van der Waals surface area (Å²) in [6, 6.07) is 1.50. The van der Waals surface area contributed by atoms with Gasteiger partial charge in [0.05, 0.1) is 24.9 Å². The molecule has 4 heterocycles. The number of hydrogen-bond donors (Lipinski definition) is 1. The molecule has 0 bridgehead atoms. The van der Waals surface area contributed by atoms with E-state index < -0.39 is 0 Å². The molecule has 0 aliphatic carbocycles. The first-order valence-electron chi connectivity index (χ1n) is 8.03. The second-order valence-electron chi connectivity index (χ2n) is 6.14. The van der Waals surface area contributed by atoms with Crippen molar-refractivity contribution in [2.75, 3.05) is 24.3 Å². The predicted molar refractivity (Wildman–Crippen MR) is 92.4 cm³/mol. The van der Waals surface area contributed by atoms with Gasteiger partial charge in [0.1, 0.15) is 6.04 Å². The second kappa shape index (κ2) is 6.52. The Morgan fingerprint density at radius 1 is 1.33 bits per heavy atom. The van der Waals surface area contributed by atoms with Gasteiger partial charge in [0.15, 0.2) is 0 Å². The van der Waals surface area contributed by atoms with Crippen LogP contribution in [0.1, 0.15) is 22.9 Å². The lowest BCUT2D eigenvalue weighted by Crippen LogP contribution is -2.38. The van der Waals surface area contributed by atoms with Crippen molar-refractivity contribution in [3.8, 4) is 0 Å². The maximum absolute atomic E-state index is 12.5. The highest BCUT2D eigenvalue weighted by molar-refractivity contribution is 7.98. The summed E-state index contributed by atoms with van der Waals surface area (Å²) in [4.78, 5) is 21.0. The third-order valence-electron chi connectivity index (χ3n) is 4.32. The van der Waals surface area contributed by atoms with Crippen LogP contribution in [0.25, 0.3) is 0 Å². The fourth-order valence-electron chi connectivity index (χ4n) is 3.02. The van der Waals surface area contributed by atoms with Crippen LogP contribution < -0.4 is 10.9 Å². The number of nitrogens with one attached hydrogen (secondary N) is 1. The molecule has 2 aliphatic rings. The fraction of sp³-hybridized carbons (Fsp3) is 0.500. The van der Waals surface area contributed by atoms with Gasteiger partial charge in [-0.05, 0) is 23.8 Å². The number of aryl methyl sites for hydroxylation is 2. The Bertz CT molecular complexity index is 792. The highest BCUT2D eigenvalue weighted by atomic mass is 32.2. The lowest BCUT2D eigenvalue weighted by molar-refractivity contribution is 0.182. The molecule has 2 unspecified atom stereocenters. The van der Waals surface area contributed by atoms with E-state index >= 15 is 0 Å². The van der Waals surface area contributed by atoms with E-state index in [1.807, 2.05) is 18.7 Å². The van der Waals surface area contributed by atoms with Crippen LogP contribution in [0.3, 0.4) is 0 Å². The molecule has 1 saturated heterocycles. The zero-order chi connectivity index (χ0) is 16.5. The van der Waals surface area contributed by atoms with Crippen LogP contribution in [0.2, 0.25) is 0 Å². The van der Waals surface area contributed by atoms with E-state index in [1.54, 1.807) is 23.1 Å². The first kappa shape index (κ1) is 15.6. The van der Waals surface area contributed by atoms with Gasteiger partial charge in [-0.2, -0.15) is 16.9 Å². The van der Waals surface area contributed by atoms with Crippen LogP contribution in [0.15, 0.2) is 23.3 Å². The quantitative estimate of drug-likeness (QED) is 0.894. The van der Waals surface area contributed by atoms with Crippen LogP contribution >= 0.6 is 11.8 Å². The van der Waals surface area contributed by atoms with Crippen LogP contribution in [0, 0.1) is 6.92 Å². The molecule has 2 aromatic heterocycles. The van der Waals surface area contributed by atoms with Gasteiger partial charge in [0.2, 0.25) is 5.95 Å². The summed E-state index contributed by atoms with van der Waals surface area (Å²) < 4.78 is 7.17. The van der Waals surface area contributed by atoms with Gasteiger partial charge in [-0.15, -0.1) is 0 Å². The molecule has 126 valence electrons. The largest absolute Gasteiger partial charge is 0.377 e. The Balaban J connectivity index is 1.60. The number of anilines is 1. The Kier molecular flexibility index (Phi) is 4.24. The normalized spacial score (nSPS) is 23.0. The fourth-order valence-corrected chi connectivity index (χ4v) is 3.97. The minimum atomic E-state index is -0.151. The van der Waals surface area contributed by atoms with E-state index in [0.29, 0.717) is 19.2 Å². The number of ether oxygens (including phenoxy) is 1. The molecule has 1 fully saturated rings. The summed E-state index contributed by atoms with van der Waals surface area (Å²) in [6.45, 7) is 2.91. The zero-order valence-corrected chi connectivity index (χ0v) is 14.3. The Morgan fingerprint density at radius 2 is 2.17 bits per heavy atom. The van der Waals surface area contributed by atoms with Crippen LogP contribution in [0.5, 0.6) is 0 Å². The van der Waals surface area contributed by atoms with Crippen molar-refractivity contribution < 1.29 is 4.74 Å². The molecule has 1 N–H and O–H groups in total. The average Bonchev–Trinajstić information content (AvgIpc) is 3.04. The zero-order valence-electron chi connectivity index (χ0n) is 13.4. The van der Waals surface area contributed by atoms with E-state index in [-0.39, 0.29) is 17.6 Å². The van der Waals surface area contributed by atoms with E-state index in [1.165, 1.54) is 0 Å². The van der Waals surface area contributed by atoms with E-state index in [4.69, 9.17) is 4.74 Å². The van der Waals surface area contributed by atoms with Gasteiger partial charge in [-0.1, -0.05) is 0 Å². The van der Waals surface area contributed by atoms with Crippen LogP contribution in [0.4, 0.5) is 5.95 Å². The lowest BCUT2D eigenvalue weighted by Gasteiger charge is -2.22. The average molecular weight is 345 g/mol. The van der Waals surface area contributed by atoms with Crippen molar-refractivity contribution in [3.05, 3.63) is 45.6 Å². The third kappa shape index (κ3) is 3.03. The van der Waals surface area contributed by atoms with E-state index in [2.05, 4.69) is 20.4 Å². The van der Waals surface area contributed by atoms with Crippen LogP contribution in [-0.2, 0) is 16.9 Å². The molecule has 24 heavy (non-hydrogen) atoms. The number of rotatable bonds is 3. The van der Waals surface area contributed by atoms with Gasteiger partial charge in [0.25, 0.3) is 5.56 Å². The number of hydrogen-bond acceptors (Lipinski definition) is 7. The molecule has 2 aromatic rings. The topological polar surface area (TPSA) is 81.9 Å². The number of nitrogens with zero attached hydrogens (tertiary/aromatic N) is 4. The molecular weight excluding hydrogens is 326 g/mol. The molecule has 2 atom stereocenters. The maximum atomic E-state index is 12.5. The Hall–Kier alpha value is -1.93. The highest BCUT2D eigenvalue weighted by Crippen LogP contribution is 2.24. The number of fused-ring (bicyclic) bond motifs is 1. The van der Waals surface area contributed by atoms with E-state index in [9.17, 15) is 4.79 Å².